The first-order valence-corrected chi connectivity index (χ1v) is 9.83. The highest BCUT2D eigenvalue weighted by molar-refractivity contribution is 7.92. The zero-order valence-electron chi connectivity index (χ0n) is 14.3. The van der Waals surface area contributed by atoms with Crippen LogP contribution < -0.4 is 9.46 Å². The fourth-order valence-corrected chi connectivity index (χ4v) is 3.82. The molecule has 0 radical (unpaired) electrons. The second-order valence-electron chi connectivity index (χ2n) is 5.61. The second-order valence-corrected chi connectivity index (χ2v) is 7.70. The maximum atomic E-state index is 12.6. The summed E-state index contributed by atoms with van der Waals surface area (Å²) in [5, 5.41) is 7.13. The molecule has 0 spiro atoms. The fraction of sp³-hybridized carbons (Fsp3) is 0.167. The number of halogens is 1. The lowest BCUT2D eigenvalue weighted by Gasteiger charge is -2.09. The molecule has 2 N–H and O–H groups in total. The van der Waals surface area contributed by atoms with E-state index < -0.39 is 10.0 Å². The Labute approximate surface area is 157 Å². The van der Waals surface area contributed by atoms with E-state index in [4.69, 9.17) is 16.3 Å². The number of benzene rings is 2. The van der Waals surface area contributed by atoms with Crippen molar-refractivity contribution in [3.8, 4) is 17.0 Å². The Bertz CT molecular complexity index is 1030. The SMILES string of the molecule is CCOc1ccc(S(=O)(=O)Nc2cc(-c3ccccc3C)[nH]n2)cc1Cl. The number of nitrogens with zero attached hydrogens (tertiary/aromatic N) is 1. The Hall–Kier alpha value is -2.51. The molecule has 3 aromatic rings. The van der Waals surface area contributed by atoms with E-state index in [0.29, 0.717) is 12.4 Å². The van der Waals surface area contributed by atoms with Crippen LogP contribution in [0.25, 0.3) is 11.3 Å². The molecule has 0 unspecified atom stereocenters. The molecule has 0 amide bonds. The van der Waals surface area contributed by atoms with Crippen molar-refractivity contribution in [1.29, 1.82) is 0 Å². The molecule has 8 heteroatoms. The van der Waals surface area contributed by atoms with Crippen molar-refractivity contribution in [3.63, 3.8) is 0 Å². The number of nitrogens with one attached hydrogen (secondary N) is 2. The zero-order valence-corrected chi connectivity index (χ0v) is 15.9. The van der Waals surface area contributed by atoms with Crippen molar-refractivity contribution >= 4 is 27.4 Å². The molecule has 136 valence electrons. The minimum absolute atomic E-state index is 0.0337. The highest BCUT2D eigenvalue weighted by atomic mass is 35.5. The van der Waals surface area contributed by atoms with Gasteiger partial charge in [-0.3, -0.25) is 9.82 Å². The van der Waals surface area contributed by atoms with Crippen LogP contribution in [0.15, 0.2) is 53.4 Å². The Morgan fingerprint density at radius 1 is 1.19 bits per heavy atom. The molecule has 6 nitrogen and oxygen atoms in total. The van der Waals surface area contributed by atoms with Crippen LogP contribution in [0.4, 0.5) is 5.82 Å². The third kappa shape index (κ3) is 3.84. The quantitative estimate of drug-likeness (QED) is 0.658. The van der Waals surface area contributed by atoms with E-state index in [2.05, 4.69) is 14.9 Å². The number of ether oxygens (including phenoxy) is 1. The lowest BCUT2D eigenvalue weighted by Crippen LogP contribution is -2.13. The van der Waals surface area contributed by atoms with Gasteiger partial charge in [0.1, 0.15) is 5.75 Å². The van der Waals surface area contributed by atoms with Crippen LogP contribution in [0.5, 0.6) is 5.75 Å². The molecule has 26 heavy (non-hydrogen) atoms. The van der Waals surface area contributed by atoms with E-state index in [9.17, 15) is 8.42 Å². The topological polar surface area (TPSA) is 84.1 Å². The Morgan fingerprint density at radius 3 is 2.65 bits per heavy atom. The minimum atomic E-state index is -3.82. The Kier molecular flexibility index (Phi) is 5.20. The predicted molar refractivity (Wildman–Crippen MR) is 102 cm³/mol. The number of aromatic amines is 1. The van der Waals surface area contributed by atoms with E-state index in [1.807, 2.05) is 38.1 Å². The van der Waals surface area contributed by atoms with Gasteiger partial charge in [0.25, 0.3) is 10.0 Å². The van der Waals surface area contributed by atoms with Crippen LogP contribution in [-0.2, 0) is 10.0 Å². The molecule has 0 fully saturated rings. The maximum Gasteiger partial charge on any atom is 0.263 e. The van der Waals surface area contributed by atoms with E-state index in [1.54, 1.807) is 6.07 Å². The van der Waals surface area contributed by atoms with Crippen LogP contribution in [0.1, 0.15) is 12.5 Å². The van der Waals surface area contributed by atoms with Crippen LogP contribution in [-0.4, -0.2) is 25.2 Å². The average molecular weight is 392 g/mol. The van der Waals surface area contributed by atoms with Crippen molar-refractivity contribution in [2.24, 2.45) is 0 Å². The zero-order chi connectivity index (χ0) is 18.7. The van der Waals surface area contributed by atoms with Crippen molar-refractivity contribution in [2.75, 3.05) is 11.3 Å². The van der Waals surface area contributed by atoms with Gasteiger partial charge in [-0.05, 0) is 37.6 Å². The fourth-order valence-electron chi connectivity index (χ4n) is 2.50. The van der Waals surface area contributed by atoms with Crippen molar-refractivity contribution in [3.05, 3.63) is 59.1 Å². The average Bonchev–Trinajstić information content (AvgIpc) is 3.04. The van der Waals surface area contributed by atoms with Crippen LogP contribution in [0.3, 0.4) is 0 Å². The normalized spacial score (nSPS) is 11.3. The summed E-state index contributed by atoms with van der Waals surface area (Å²) in [6.45, 7) is 4.24. The van der Waals surface area contributed by atoms with Gasteiger partial charge in [0.2, 0.25) is 0 Å². The third-order valence-electron chi connectivity index (χ3n) is 3.77. The standard InChI is InChI=1S/C18H18ClN3O3S/c1-3-25-17-9-8-13(10-15(17)19)26(23,24)22-18-11-16(20-21-18)14-7-5-4-6-12(14)2/h4-11H,3H2,1-2H3,(H2,20,21,22). The second kappa shape index (κ2) is 7.39. The molecule has 0 saturated carbocycles. The third-order valence-corrected chi connectivity index (χ3v) is 5.41. The first kappa shape index (κ1) is 18.3. The highest BCUT2D eigenvalue weighted by Gasteiger charge is 2.18. The summed E-state index contributed by atoms with van der Waals surface area (Å²) in [6.07, 6.45) is 0. The lowest BCUT2D eigenvalue weighted by atomic mass is 10.1. The summed E-state index contributed by atoms with van der Waals surface area (Å²) in [6, 6.07) is 13.7. The minimum Gasteiger partial charge on any atom is -0.492 e. The molecule has 0 saturated heterocycles. The number of hydrogen-bond acceptors (Lipinski definition) is 4. The summed E-state index contributed by atoms with van der Waals surface area (Å²) in [5.74, 6) is 0.642. The summed E-state index contributed by atoms with van der Waals surface area (Å²) in [4.78, 5) is 0.0337. The van der Waals surface area contributed by atoms with Gasteiger partial charge in [-0.25, -0.2) is 8.42 Å². The van der Waals surface area contributed by atoms with Gasteiger partial charge in [-0.15, -0.1) is 0 Å². The molecular formula is C18H18ClN3O3S. The molecule has 1 heterocycles. The van der Waals surface area contributed by atoms with Gasteiger partial charge in [-0.1, -0.05) is 35.9 Å². The number of sulfonamides is 1. The number of aromatic nitrogens is 2. The molecule has 2 aromatic carbocycles. The van der Waals surface area contributed by atoms with Gasteiger partial charge in [0, 0.05) is 11.6 Å². The van der Waals surface area contributed by atoms with E-state index in [0.717, 1.165) is 16.8 Å². The number of rotatable bonds is 6. The number of aryl methyl sites for hydroxylation is 1. The highest BCUT2D eigenvalue weighted by Crippen LogP contribution is 2.29. The van der Waals surface area contributed by atoms with Gasteiger partial charge < -0.3 is 4.74 Å². The molecule has 0 aliphatic rings. The number of H-pyrrole nitrogens is 1. The van der Waals surface area contributed by atoms with Gasteiger partial charge in [0.15, 0.2) is 5.82 Å². The molecule has 0 aliphatic carbocycles. The molecular weight excluding hydrogens is 374 g/mol. The van der Waals surface area contributed by atoms with Crippen molar-refractivity contribution in [1.82, 2.24) is 10.2 Å². The van der Waals surface area contributed by atoms with E-state index >= 15 is 0 Å². The largest absolute Gasteiger partial charge is 0.492 e. The smallest absolute Gasteiger partial charge is 0.263 e. The summed E-state index contributed by atoms with van der Waals surface area (Å²) >= 11 is 6.08. The Balaban J connectivity index is 1.84. The molecule has 1 aromatic heterocycles. The van der Waals surface area contributed by atoms with Gasteiger partial charge >= 0.3 is 0 Å². The predicted octanol–water partition coefficient (Wildman–Crippen LogP) is 4.24. The van der Waals surface area contributed by atoms with E-state index in [1.165, 1.54) is 18.2 Å². The summed E-state index contributed by atoms with van der Waals surface area (Å²) in [5.41, 5.74) is 2.74. The number of anilines is 1. The summed E-state index contributed by atoms with van der Waals surface area (Å²) < 4.78 is 32.9. The Morgan fingerprint density at radius 2 is 1.96 bits per heavy atom. The molecule has 3 rings (SSSR count). The van der Waals surface area contributed by atoms with Gasteiger partial charge in [-0.2, -0.15) is 5.10 Å². The molecule has 0 bridgehead atoms. The maximum absolute atomic E-state index is 12.6. The van der Waals surface area contributed by atoms with Crippen molar-refractivity contribution < 1.29 is 13.2 Å². The van der Waals surface area contributed by atoms with E-state index in [-0.39, 0.29) is 15.7 Å². The van der Waals surface area contributed by atoms with Gasteiger partial charge in [0.05, 0.1) is 22.2 Å². The first-order valence-electron chi connectivity index (χ1n) is 7.97. The van der Waals surface area contributed by atoms with Crippen molar-refractivity contribution in [2.45, 2.75) is 18.7 Å². The lowest BCUT2D eigenvalue weighted by molar-refractivity contribution is 0.340. The van der Waals surface area contributed by atoms with Crippen LogP contribution in [0, 0.1) is 6.92 Å². The molecule has 0 aliphatic heterocycles. The monoisotopic (exact) mass is 391 g/mol. The summed E-state index contributed by atoms with van der Waals surface area (Å²) in [7, 11) is -3.82. The van der Waals surface area contributed by atoms with Crippen LogP contribution in [0.2, 0.25) is 5.02 Å². The first-order chi connectivity index (χ1) is 12.4. The van der Waals surface area contributed by atoms with Crippen LogP contribution >= 0.6 is 11.6 Å². The molecule has 0 atom stereocenters. The number of hydrogen-bond donors (Lipinski definition) is 2.